The molecule has 0 heterocycles. The molecule has 0 aromatic heterocycles. The Kier molecular flexibility index (Phi) is 2.05. The van der Waals surface area contributed by atoms with Crippen LogP contribution in [0.3, 0.4) is 0 Å². The average Bonchev–Trinajstić information content (AvgIpc) is 2.35. The van der Waals surface area contributed by atoms with Crippen molar-refractivity contribution in [3.8, 4) is 0 Å². The third-order valence-electron chi connectivity index (χ3n) is 2.87. The van der Waals surface area contributed by atoms with Gasteiger partial charge in [-0.1, -0.05) is 36.4 Å². The highest BCUT2D eigenvalue weighted by Crippen LogP contribution is 2.32. The fraction of sp³-hybridized carbons (Fsp3) is 0. The SMILES string of the molecule is O=COC1=CC(=O)c2cccc3cccc1c23. The number of ketones is 1. The van der Waals surface area contributed by atoms with Crippen LogP contribution < -0.4 is 0 Å². The Morgan fingerprint density at radius 1 is 1.00 bits per heavy atom. The molecule has 0 radical (unpaired) electrons. The van der Waals surface area contributed by atoms with Crippen molar-refractivity contribution >= 4 is 28.8 Å². The van der Waals surface area contributed by atoms with E-state index in [0.29, 0.717) is 17.8 Å². The molecule has 1 aliphatic carbocycles. The lowest BCUT2D eigenvalue weighted by molar-refractivity contribution is -0.122. The zero-order valence-electron chi connectivity index (χ0n) is 8.84. The summed E-state index contributed by atoms with van der Waals surface area (Å²) in [7, 11) is 0. The first-order valence-corrected chi connectivity index (χ1v) is 5.20. The molecule has 0 fully saturated rings. The Morgan fingerprint density at radius 2 is 1.71 bits per heavy atom. The molecule has 17 heavy (non-hydrogen) atoms. The van der Waals surface area contributed by atoms with E-state index in [2.05, 4.69) is 0 Å². The van der Waals surface area contributed by atoms with Crippen molar-refractivity contribution in [3.05, 3.63) is 53.6 Å². The molecule has 2 aromatic rings. The van der Waals surface area contributed by atoms with Gasteiger partial charge >= 0.3 is 0 Å². The van der Waals surface area contributed by atoms with E-state index in [1.165, 1.54) is 6.08 Å². The summed E-state index contributed by atoms with van der Waals surface area (Å²) in [6.07, 6.45) is 1.35. The van der Waals surface area contributed by atoms with Crippen molar-refractivity contribution in [1.29, 1.82) is 0 Å². The normalized spacial score (nSPS) is 13.4. The van der Waals surface area contributed by atoms with Crippen molar-refractivity contribution in [1.82, 2.24) is 0 Å². The van der Waals surface area contributed by atoms with Crippen molar-refractivity contribution in [2.45, 2.75) is 0 Å². The first-order valence-electron chi connectivity index (χ1n) is 5.20. The van der Waals surface area contributed by atoms with Gasteiger partial charge in [0.1, 0.15) is 5.76 Å². The van der Waals surface area contributed by atoms with Gasteiger partial charge in [-0.3, -0.25) is 9.59 Å². The van der Waals surface area contributed by atoms with Crippen LogP contribution >= 0.6 is 0 Å². The molecule has 0 saturated carbocycles. The molecule has 0 bridgehead atoms. The second kappa shape index (κ2) is 3.56. The summed E-state index contributed by atoms with van der Waals surface area (Å²) in [5.74, 6) is 0.181. The molecule has 0 N–H and O–H groups in total. The van der Waals surface area contributed by atoms with Gasteiger partial charge in [0.2, 0.25) is 0 Å². The Hall–Kier alpha value is -2.42. The van der Waals surface area contributed by atoms with E-state index in [1.807, 2.05) is 30.3 Å². The maximum atomic E-state index is 11.9. The van der Waals surface area contributed by atoms with E-state index >= 15 is 0 Å². The predicted octanol–water partition coefficient (Wildman–Crippen LogP) is 2.55. The summed E-state index contributed by atoms with van der Waals surface area (Å²) in [6, 6.07) is 11.2. The quantitative estimate of drug-likeness (QED) is 0.736. The molecule has 2 aromatic carbocycles. The lowest BCUT2D eigenvalue weighted by Crippen LogP contribution is -2.06. The number of carbonyl (C=O) groups excluding carboxylic acids is 2. The number of ether oxygens (including phenoxy) is 1. The maximum Gasteiger partial charge on any atom is 0.298 e. The molecule has 82 valence electrons. The van der Waals surface area contributed by atoms with Gasteiger partial charge in [0.15, 0.2) is 5.78 Å². The summed E-state index contributed by atoms with van der Waals surface area (Å²) in [5.41, 5.74) is 1.43. The molecule has 0 aliphatic heterocycles. The number of hydrogen-bond acceptors (Lipinski definition) is 3. The highest BCUT2D eigenvalue weighted by Gasteiger charge is 2.20. The highest BCUT2D eigenvalue weighted by molar-refractivity contribution is 6.21. The van der Waals surface area contributed by atoms with Crippen molar-refractivity contribution in [2.75, 3.05) is 0 Å². The van der Waals surface area contributed by atoms with E-state index < -0.39 is 0 Å². The van der Waals surface area contributed by atoms with Crippen LogP contribution in [0.2, 0.25) is 0 Å². The minimum Gasteiger partial charge on any atom is -0.428 e. The first kappa shape index (κ1) is 9.78. The average molecular weight is 224 g/mol. The molecule has 0 saturated heterocycles. The van der Waals surface area contributed by atoms with Crippen LogP contribution in [0, 0.1) is 0 Å². The van der Waals surface area contributed by atoms with Crippen LogP contribution in [-0.4, -0.2) is 12.3 Å². The van der Waals surface area contributed by atoms with Gasteiger partial charge in [-0.15, -0.1) is 0 Å². The van der Waals surface area contributed by atoms with E-state index in [4.69, 9.17) is 4.74 Å². The number of carbonyl (C=O) groups is 2. The highest BCUT2D eigenvalue weighted by atomic mass is 16.5. The number of benzene rings is 2. The van der Waals surface area contributed by atoms with Gasteiger partial charge in [0.05, 0.1) is 0 Å². The van der Waals surface area contributed by atoms with E-state index in [9.17, 15) is 9.59 Å². The van der Waals surface area contributed by atoms with E-state index in [1.54, 1.807) is 6.07 Å². The second-order valence-electron chi connectivity index (χ2n) is 3.80. The molecule has 0 unspecified atom stereocenters. The summed E-state index contributed by atoms with van der Waals surface area (Å²) in [6.45, 7) is 0.339. The molecule has 0 amide bonds. The van der Waals surface area contributed by atoms with Gasteiger partial charge in [0, 0.05) is 22.6 Å². The standard InChI is InChI=1S/C14H8O3/c15-8-17-13-7-12(16)10-5-1-3-9-4-2-6-11(13)14(9)10/h1-8H. The van der Waals surface area contributed by atoms with Crippen LogP contribution in [0.25, 0.3) is 16.5 Å². The van der Waals surface area contributed by atoms with Gasteiger partial charge in [-0.25, -0.2) is 0 Å². The molecule has 3 nitrogen and oxygen atoms in total. The summed E-state index contributed by atoms with van der Waals surface area (Å²) in [4.78, 5) is 22.3. The fourth-order valence-electron chi connectivity index (χ4n) is 2.18. The van der Waals surface area contributed by atoms with Gasteiger partial charge in [0.25, 0.3) is 6.47 Å². The molecule has 3 heteroatoms. The van der Waals surface area contributed by atoms with Gasteiger partial charge < -0.3 is 4.74 Å². The van der Waals surface area contributed by atoms with E-state index in [-0.39, 0.29) is 5.78 Å². The van der Waals surface area contributed by atoms with Crippen LogP contribution in [-0.2, 0) is 9.53 Å². The number of hydrogen-bond donors (Lipinski definition) is 0. The molecule has 1 aliphatic rings. The lowest BCUT2D eigenvalue weighted by Gasteiger charge is -2.15. The number of allylic oxidation sites excluding steroid dienone is 1. The second-order valence-corrected chi connectivity index (χ2v) is 3.80. The summed E-state index contributed by atoms with van der Waals surface area (Å²) >= 11 is 0. The van der Waals surface area contributed by atoms with Gasteiger partial charge in [-0.05, 0) is 5.39 Å². The van der Waals surface area contributed by atoms with Crippen LogP contribution in [0.5, 0.6) is 0 Å². The third-order valence-corrected chi connectivity index (χ3v) is 2.87. The summed E-state index contributed by atoms with van der Waals surface area (Å²) in [5, 5.41) is 1.81. The minimum atomic E-state index is -0.133. The zero-order chi connectivity index (χ0) is 11.8. The summed E-state index contributed by atoms with van der Waals surface area (Å²) < 4.78 is 4.86. The van der Waals surface area contributed by atoms with Crippen molar-refractivity contribution in [2.24, 2.45) is 0 Å². The van der Waals surface area contributed by atoms with Crippen molar-refractivity contribution < 1.29 is 14.3 Å². The van der Waals surface area contributed by atoms with Crippen molar-refractivity contribution in [3.63, 3.8) is 0 Å². The molecule has 0 atom stereocenters. The monoisotopic (exact) mass is 224 g/mol. The van der Waals surface area contributed by atoms with Crippen LogP contribution in [0.4, 0.5) is 0 Å². The first-order chi connectivity index (χ1) is 8.31. The molecular weight excluding hydrogens is 216 g/mol. The Labute approximate surface area is 97.3 Å². The fourth-order valence-corrected chi connectivity index (χ4v) is 2.18. The Balaban J connectivity index is 2.40. The largest absolute Gasteiger partial charge is 0.428 e. The number of rotatable bonds is 2. The van der Waals surface area contributed by atoms with E-state index in [0.717, 1.165) is 16.3 Å². The maximum absolute atomic E-state index is 11.9. The lowest BCUT2D eigenvalue weighted by atomic mass is 9.91. The van der Waals surface area contributed by atoms with Gasteiger partial charge in [-0.2, -0.15) is 0 Å². The Bertz CT molecular complexity index is 663. The Morgan fingerprint density at radius 3 is 2.41 bits per heavy atom. The smallest absolute Gasteiger partial charge is 0.298 e. The van der Waals surface area contributed by atoms with Crippen LogP contribution in [0.15, 0.2) is 42.5 Å². The topological polar surface area (TPSA) is 43.4 Å². The van der Waals surface area contributed by atoms with Crippen LogP contribution in [0.1, 0.15) is 15.9 Å². The minimum absolute atomic E-state index is 0.133. The zero-order valence-corrected chi connectivity index (χ0v) is 8.84. The third kappa shape index (κ3) is 1.36. The molecule has 0 spiro atoms. The molecular formula is C14H8O3. The predicted molar refractivity (Wildman–Crippen MR) is 63.4 cm³/mol. The molecule has 3 rings (SSSR count).